The number of hydrogen-bond donors (Lipinski definition) is 1. The molecular weight excluding hydrogens is 304 g/mol. The molecule has 1 atom stereocenters. The minimum atomic E-state index is -0.326. The van der Waals surface area contributed by atoms with Crippen LogP contribution in [0.3, 0.4) is 0 Å². The topological polar surface area (TPSA) is 55.8 Å². The number of benzene rings is 2. The predicted molar refractivity (Wildman–Crippen MR) is 94.0 cm³/mol. The molecule has 0 radical (unpaired) electrons. The molecule has 1 unspecified atom stereocenters. The Morgan fingerprint density at radius 2 is 1.96 bits per heavy atom. The summed E-state index contributed by atoms with van der Waals surface area (Å²) >= 11 is 0. The van der Waals surface area contributed by atoms with Gasteiger partial charge in [0.05, 0.1) is 18.8 Å². The zero-order valence-corrected chi connectivity index (χ0v) is 14.4. The molecule has 128 valence electrons. The lowest BCUT2D eigenvalue weighted by Gasteiger charge is -2.18. The number of methoxy groups -OCH3 is 1. The number of ether oxygens (including phenoxy) is 2. The van der Waals surface area contributed by atoms with Gasteiger partial charge in [-0.2, -0.15) is 0 Å². The first-order valence-electron chi connectivity index (χ1n) is 8.09. The number of carbonyl (C=O) groups is 1. The first-order chi connectivity index (χ1) is 11.6. The minimum Gasteiger partial charge on any atom is -0.465 e. The van der Waals surface area contributed by atoms with Crippen LogP contribution in [0, 0.1) is 6.92 Å². The molecule has 0 spiro atoms. The van der Waals surface area contributed by atoms with E-state index in [-0.39, 0.29) is 18.7 Å². The van der Waals surface area contributed by atoms with Crippen molar-refractivity contribution in [2.45, 2.75) is 26.4 Å². The summed E-state index contributed by atoms with van der Waals surface area (Å²) in [5, 5.41) is 8.89. The summed E-state index contributed by atoms with van der Waals surface area (Å²) in [4.78, 5) is 11.7. The van der Waals surface area contributed by atoms with Gasteiger partial charge in [0.2, 0.25) is 0 Å². The van der Waals surface area contributed by atoms with Crippen LogP contribution in [0.5, 0.6) is 0 Å². The van der Waals surface area contributed by atoms with E-state index in [1.807, 2.05) is 50.2 Å². The summed E-state index contributed by atoms with van der Waals surface area (Å²) < 4.78 is 10.6. The Kier molecular flexibility index (Phi) is 6.53. The highest BCUT2D eigenvalue weighted by atomic mass is 16.5. The first kappa shape index (κ1) is 18.2. The van der Waals surface area contributed by atoms with E-state index in [1.54, 1.807) is 6.07 Å². The van der Waals surface area contributed by atoms with E-state index in [0.29, 0.717) is 18.6 Å². The normalized spacial score (nSPS) is 12.0. The van der Waals surface area contributed by atoms with Gasteiger partial charge in [0.1, 0.15) is 0 Å². The molecule has 2 aromatic carbocycles. The lowest BCUT2D eigenvalue weighted by atomic mass is 9.94. The summed E-state index contributed by atoms with van der Waals surface area (Å²) in [5.74, 6) is -0.326. The second kappa shape index (κ2) is 8.62. The van der Waals surface area contributed by atoms with E-state index < -0.39 is 0 Å². The molecule has 1 N–H and O–H groups in total. The summed E-state index contributed by atoms with van der Waals surface area (Å²) in [6.07, 6.45) is 0.549. The smallest absolute Gasteiger partial charge is 0.338 e. The van der Waals surface area contributed by atoms with Crippen LogP contribution in [0.25, 0.3) is 11.1 Å². The van der Waals surface area contributed by atoms with E-state index >= 15 is 0 Å². The molecule has 4 nitrogen and oxygen atoms in total. The third-order valence-electron chi connectivity index (χ3n) is 4.01. The molecule has 0 aromatic heterocycles. The number of aryl methyl sites for hydroxylation is 1. The fraction of sp³-hybridized carbons (Fsp3) is 0.350. The van der Waals surface area contributed by atoms with Crippen molar-refractivity contribution in [1.29, 1.82) is 0 Å². The highest BCUT2D eigenvalue weighted by molar-refractivity contribution is 5.91. The van der Waals surface area contributed by atoms with Gasteiger partial charge < -0.3 is 14.6 Å². The molecule has 0 saturated heterocycles. The number of esters is 1. The van der Waals surface area contributed by atoms with E-state index in [2.05, 4.69) is 0 Å². The zero-order chi connectivity index (χ0) is 17.5. The summed E-state index contributed by atoms with van der Waals surface area (Å²) in [6, 6.07) is 13.8. The maximum Gasteiger partial charge on any atom is 0.338 e. The lowest BCUT2D eigenvalue weighted by molar-refractivity contribution is 0.0556. The molecule has 0 saturated carbocycles. The number of aliphatic hydroxyl groups excluding tert-OH is 1. The standard InChI is InChI=1S/C20H24O4/c1-14-13-16(9-10-17(14)20(22)23-3)19-8-5-4-7-18(19)15(2)24-12-6-11-21/h4-5,7-10,13,15,21H,6,11-12H2,1-3H3. The highest BCUT2D eigenvalue weighted by Crippen LogP contribution is 2.31. The molecule has 0 fully saturated rings. The van der Waals surface area contributed by atoms with Gasteiger partial charge in [-0.05, 0) is 48.6 Å². The molecule has 0 amide bonds. The average Bonchev–Trinajstić information content (AvgIpc) is 2.61. The van der Waals surface area contributed by atoms with Crippen LogP contribution in [0.1, 0.15) is 40.9 Å². The van der Waals surface area contributed by atoms with Crippen molar-refractivity contribution < 1.29 is 19.4 Å². The van der Waals surface area contributed by atoms with E-state index in [4.69, 9.17) is 14.6 Å². The third kappa shape index (κ3) is 4.22. The van der Waals surface area contributed by atoms with E-state index in [0.717, 1.165) is 22.3 Å². The monoisotopic (exact) mass is 328 g/mol. The third-order valence-corrected chi connectivity index (χ3v) is 4.01. The van der Waals surface area contributed by atoms with Crippen molar-refractivity contribution in [2.75, 3.05) is 20.3 Å². The minimum absolute atomic E-state index is 0.0756. The maximum atomic E-state index is 11.7. The predicted octanol–water partition coefficient (Wildman–Crippen LogP) is 3.91. The number of carbonyl (C=O) groups excluding carboxylic acids is 1. The second-order valence-corrected chi connectivity index (χ2v) is 5.70. The van der Waals surface area contributed by atoms with Gasteiger partial charge in [-0.1, -0.05) is 36.4 Å². The molecular formula is C20H24O4. The van der Waals surface area contributed by atoms with Gasteiger partial charge in [-0.15, -0.1) is 0 Å². The van der Waals surface area contributed by atoms with Crippen LogP contribution in [-0.4, -0.2) is 31.4 Å². The molecule has 4 heteroatoms. The fourth-order valence-corrected chi connectivity index (χ4v) is 2.70. The van der Waals surface area contributed by atoms with Crippen molar-refractivity contribution >= 4 is 5.97 Å². The fourth-order valence-electron chi connectivity index (χ4n) is 2.70. The molecule has 0 bridgehead atoms. The lowest BCUT2D eigenvalue weighted by Crippen LogP contribution is -2.06. The SMILES string of the molecule is COC(=O)c1ccc(-c2ccccc2C(C)OCCCO)cc1C. The van der Waals surface area contributed by atoms with Crippen LogP contribution in [0.4, 0.5) is 0 Å². The largest absolute Gasteiger partial charge is 0.465 e. The molecule has 0 aliphatic heterocycles. The van der Waals surface area contributed by atoms with Crippen molar-refractivity contribution in [1.82, 2.24) is 0 Å². The summed E-state index contributed by atoms with van der Waals surface area (Å²) in [5.41, 5.74) is 4.65. The molecule has 0 aliphatic carbocycles. The molecule has 24 heavy (non-hydrogen) atoms. The Morgan fingerprint density at radius 3 is 2.62 bits per heavy atom. The second-order valence-electron chi connectivity index (χ2n) is 5.70. The maximum absolute atomic E-state index is 11.7. The van der Waals surface area contributed by atoms with E-state index in [9.17, 15) is 4.79 Å². The average molecular weight is 328 g/mol. The van der Waals surface area contributed by atoms with Gasteiger partial charge >= 0.3 is 5.97 Å². The highest BCUT2D eigenvalue weighted by Gasteiger charge is 2.14. The van der Waals surface area contributed by atoms with Crippen LogP contribution in [-0.2, 0) is 9.47 Å². The van der Waals surface area contributed by atoms with Gasteiger partial charge in [-0.25, -0.2) is 4.79 Å². The van der Waals surface area contributed by atoms with Crippen molar-refractivity contribution in [2.24, 2.45) is 0 Å². The number of aliphatic hydroxyl groups is 1. The zero-order valence-electron chi connectivity index (χ0n) is 14.4. The summed E-state index contributed by atoms with van der Waals surface area (Å²) in [7, 11) is 1.39. The Hall–Kier alpha value is -2.17. The van der Waals surface area contributed by atoms with Crippen LogP contribution >= 0.6 is 0 Å². The first-order valence-corrected chi connectivity index (χ1v) is 8.09. The van der Waals surface area contributed by atoms with Gasteiger partial charge in [0.25, 0.3) is 0 Å². The van der Waals surface area contributed by atoms with Crippen LogP contribution in [0.2, 0.25) is 0 Å². The van der Waals surface area contributed by atoms with E-state index in [1.165, 1.54) is 7.11 Å². The summed E-state index contributed by atoms with van der Waals surface area (Å²) in [6.45, 7) is 4.56. The number of hydrogen-bond acceptors (Lipinski definition) is 4. The Morgan fingerprint density at radius 1 is 1.21 bits per heavy atom. The van der Waals surface area contributed by atoms with Gasteiger partial charge in [0, 0.05) is 13.2 Å². The number of rotatable bonds is 7. The van der Waals surface area contributed by atoms with Crippen molar-refractivity contribution in [3.63, 3.8) is 0 Å². The van der Waals surface area contributed by atoms with Crippen LogP contribution < -0.4 is 0 Å². The Balaban J connectivity index is 2.32. The Bertz CT molecular complexity index is 694. The van der Waals surface area contributed by atoms with Gasteiger partial charge in [-0.3, -0.25) is 0 Å². The van der Waals surface area contributed by atoms with Gasteiger partial charge in [0.15, 0.2) is 0 Å². The Labute approximate surface area is 143 Å². The molecule has 2 rings (SSSR count). The molecule has 0 aliphatic rings. The van der Waals surface area contributed by atoms with Crippen molar-refractivity contribution in [3.8, 4) is 11.1 Å². The quantitative estimate of drug-likeness (QED) is 0.618. The molecule has 0 heterocycles. The van der Waals surface area contributed by atoms with Crippen LogP contribution in [0.15, 0.2) is 42.5 Å². The van der Waals surface area contributed by atoms with Crippen molar-refractivity contribution in [3.05, 3.63) is 59.2 Å². The molecule has 2 aromatic rings.